The van der Waals surface area contributed by atoms with E-state index >= 15 is 0 Å². The Kier molecular flexibility index (Phi) is 6.95. The van der Waals surface area contributed by atoms with Gasteiger partial charge in [-0.15, -0.1) is 0 Å². The standard InChI is InChI=1S/C28H31N5O9/c1-11-8-33(10-30-11)16(9-34)27(41)31-15-5-4-12-6-13-7-14-20(32(2)3)23(37)19(26(29)40)25(39)28(14,42)24(38)18(13)22(36)17(12)21(15)35/h4-5,8,10,13-14,16,20,34-36,39,42H,6-7,9H2,1-3H3,(H2,29,40)(H,31,41)/t13?,14?,16?,20-,28-/m0/s1. The number of imidazole rings is 1. The highest BCUT2D eigenvalue weighted by molar-refractivity contribution is 6.24. The first kappa shape index (κ1) is 29.0. The number of aliphatic hydroxyl groups excluding tert-OH is 3. The largest absolute Gasteiger partial charge is 0.508 e. The van der Waals surface area contributed by atoms with Gasteiger partial charge in [-0.05, 0) is 51.4 Å². The molecule has 42 heavy (non-hydrogen) atoms. The number of amides is 2. The number of anilines is 1. The van der Waals surface area contributed by atoms with Crippen LogP contribution in [0.1, 0.15) is 29.3 Å². The molecule has 0 aliphatic heterocycles. The van der Waals surface area contributed by atoms with Crippen LogP contribution < -0.4 is 11.1 Å². The van der Waals surface area contributed by atoms with Crippen molar-refractivity contribution in [3.8, 4) is 5.75 Å². The third-order valence-electron chi connectivity index (χ3n) is 8.42. The van der Waals surface area contributed by atoms with Crippen molar-refractivity contribution in [3.63, 3.8) is 0 Å². The highest BCUT2D eigenvalue weighted by Gasteiger charge is 2.64. The number of ketones is 2. The Balaban J connectivity index is 1.57. The smallest absolute Gasteiger partial charge is 0.255 e. The molecule has 14 heteroatoms. The van der Waals surface area contributed by atoms with Crippen molar-refractivity contribution in [3.05, 3.63) is 58.4 Å². The number of nitrogens with zero attached hydrogens (tertiary/aromatic N) is 3. The summed E-state index contributed by atoms with van der Waals surface area (Å²) in [4.78, 5) is 57.6. The summed E-state index contributed by atoms with van der Waals surface area (Å²) >= 11 is 0. The van der Waals surface area contributed by atoms with Crippen LogP contribution in [0.4, 0.5) is 5.69 Å². The van der Waals surface area contributed by atoms with Crippen LogP contribution in [-0.2, 0) is 25.6 Å². The number of Topliss-reactive ketones (excluding diaryl/α,β-unsaturated/α-hetero) is 2. The van der Waals surface area contributed by atoms with Crippen molar-refractivity contribution in [2.45, 2.75) is 37.5 Å². The molecule has 3 unspecified atom stereocenters. The molecule has 2 aromatic rings. The Bertz CT molecular complexity index is 1610. The van der Waals surface area contributed by atoms with Gasteiger partial charge in [-0.1, -0.05) is 6.07 Å². The molecule has 222 valence electrons. The quantitative estimate of drug-likeness (QED) is 0.172. The van der Waals surface area contributed by atoms with Crippen molar-refractivity contribution < 1.29 is 44.7 Å². The number of nitrogens with two attached hydrogens (primary N) is 1. The average molecular weight is 582 g/mol. The van der Waals surface area contributed by atoms with Gasteiger partial charge in [0.25, 0.3) is 5.91 Å². The highest BCUT2D eigenvalue weighted by atomic mass is 16.3. The monoisotopic (exact) mass is 581 g/mol. The van der Waals surface area contributed by atoms with Crippen LogP contribution in [0.5, 0.6) is 5.75 Å². The molecule has 1 fully saturated rings. The summed E-state index contributed by atoms with van der Waals surface area (Å²) in [6, 6.07) is 0.722. The van der Waals surface area contributed by atoms with Gasteiger partial charge < -0.3 is 41.2 Å². The Morgan fingerprint density at radius 2 is 1.93 bits per heavy atom. The summed E-state index contributed by atoms with van der Waals surface area (Å²) < 4.78 is 1.40. The number of aromatic hydroxyl groups is 1. The first-order valence-electron chi connectivity index (χ1n) is 13.1. The number of carbonyl (C=O) groups is 4. The number of fused-ring (bicyclic) bond motifs is 3. The van der Waals surface area contributed by atoms with Gasteiger partial charge in [0.1, 0.15) is 28.9 Å². The topological polar surface area (TPSA) is 229 Å². The van der Waals surface area contributed by atoms with E-state index in [-0.39, 0.29) is 29.7 Å². The Morgan fingerprint density at radius 1 is 1.24 bits per heavy atom. The van der Waals surface area contributed by atoms with Gasteiger partial charge in [-0.3, -0.25) is 24.1 Å². The van der Waals surface area contributed by atoms with Crippen LogP contribution in [0, 0.1) is 18.8 Å². The van der Waals surface area contributed by atoms with Crippen LogP contribution in [0.25, 0.3) is 5.76 Å². The Morgan fingerprint density at radius 3 is 2.50 bits per heavy atom. The normalized spacial score (nSPS) is 26.1. The molecule has 0 bridgehead atoms. The zero-order valence-electron chi connectivity index (χ0n) is 23.0. The van der Waals surface area contributed by atoms with Crippen LogP contribution in [0.3, 0.4) is 0 Å². The molecule has 1 saturated carbocycles. The van der Waals surface area contributed by atoms with Crippen molar-refractivity contribution in [2.24, 2.45) is 17.6 Å². The maximum atomic E-state index is 13.9. The molecule has 1 heterocycles. The van der Waals surface area contributed by atoms with Crippen molar-refractivity contribution in [1.29, 1.82) is 0 Å². The molecule has 14 nitrogen and oxygen atoms in total. The molecule has 3 aliphatic rings. The lowest BCUT2D eigenvalue weighted by atomic mass is 9.57. The summed E-state index contributed by atoms with van der Waals surface area (Å²) in [5.74, 6) is -8.26. The van der Waals surface area contributed by atoms with Gasteiger partial charge in [0.15, 0.2) is 11.4 Å². The van der Waals surface area contributed by atoms with Gasteiger partial charge in [0, 0.05) is 17.7 Å². The number of carbonyl (C=O) groups excluding carboxylic acids is 4. The molecule has 1 aromatic carbocycles. The number of nitrogens with one attached hydrogen (secondary N) is 1. The molecule has 5 atom stereocenters. The van der Waals surface area contributed by atoms with E-state index in [0.29, 0.717) is 11.3 Å². The summed E-state index contributed by atoms with van der Waals surface area (Å²) in [6.07, 6.45) is 3.01. The van der Waals surface area contributed by atoms with E-state index in [1.807, 2.05) is 0 Å². The van der Waals surface area contributed by atoms with Crippen molar-refractivity contribution >= 4 is 34.8 Å². The van der Waals surface area contributed by atoms with Gasteiger partial charge in [-0.25, -0.2) is 4.98 Å². The van der Waals surface area contributed by atoms with E-state index in [2.05, 4.69) is 10.3 Å². The summed E-state index contributed by atoms with van der Waals surface area (Å²) in [6.45, 7) is 1.14. The number of likely N-dealkylation sites (N-methyl/N-ethyl adjacent to an activating group) is 1. The minimum absolute atomic E-state index is 0.0342. The van der Waals surface area contributed by atoms with Gasteiger partial charge in [0.2, 0.25) is 11.7 Å². The SMILES string of the molecule is Cc1cn(C(CO)C(=O)Nc2ccc3c(c2O)C(O)=C2C(=O)[C@]4(O)C(O)=C(C(N)=O)C(=O)[C@@H](N(C)C)C4CC2C3)cn1. The third-order valence-corrected chi connectivity index (χ3v) is 8.42. The number of aliphatic hydroxyl groups is 4. The number of phenolic OH excluding ortho intramolecular Hbond substituents is 1. The van der Waals surface area contributed by atoms with Gasteiger partial charge in [0.05, 0.1) is 35.9 Å². The Labute approximate surface area is 239 Å². The fourth-order valence-electron chi connectivity index (χ4n) is 6.46. The number of benzene rings is 1. The van der Waals surface area contributed by atoms with E-state index < -0.39 is 82.3 Å². The zero-order chi connectivity index (χ0) is 30.8. The van der Waals surface area contributed by atoms with E-state index in [4.69, 9.17) is 5.73 Å². The molecule has 3 aliphatic carbocycles. The fourth-order valence-corrected chi connectivity index (χ4v) is 6.46. The van der Waals surface area contributed by atoms with Crippen molar-refractivity contribution in [2.75, 3.05) is 26.0 Å². The predicted molar refractivity (Wildman–Crippen MR) is 146 cm³/mol. The summed E-state index contributed by atoms with van der Waals surface area (Å²) in [5.41, 5.74) is 2.16. The molecular weight excluding hydrogens is 550 g/mol. The maximum Gasteiger partial charge on any atom is 0.255 e. The van der Waals surface area contributed by atoms with Crippen LogP contribution in [0.15, 0.2) is 41.6 Å². The highest BCUT2D eigenvalue weighted by Crippen LogP contribution is 2.53. The summed E-state index contributed by atoms with van der Waals surface area (Å²) in [7, 11) is 3.05. The molecule has 1 aromatic heterocycles. The van der Waals surface area contributed by atoms with E-state index in [1.54, 1.807) is 19.2 Å². The predicted octanol–water partition coefficient (Wildman–Crippen LogP) is -0.359. The first-order valence-corrected chi connectivity index (χ1v) is 13.1. The van der Waals surface area contributed by atoms with Gasteiger partial charge >= 0.3 is 0 Å². The van der Waals surface area contributed by atoms with Crippen molar-refractivity contribution in [1.82, 2.24) is 14.5 Å². The maximum absolute atomic E-state index is 13.9. The minimum Gasteiger partial charge on any atom is -0.508 e. The van der Waals surface area contributed by atoms with Crippen LogP contribution >= 0.6 is 0 Å². The molecule has 0 saturated heterocycles. The number of hydrogen-bond donors (Lipinski definition) is 7. The zero-order valence-corrected chi connectivity index (χ0v) is 23.0. The molecule has 0 spiro atoms. The number of phenols is 1. The first-order chi connectivity index (χ1) is 19.7. The molecule has 2 amide bonds. The van der Waals surface area contributed by atoms with Crippen LogP contribution in [0.2, 0.25) is 0 Å². The fraction of sp³-hybridized carbons (Fsp3) is 0.393. The molecule has 8 N–H and O–H groups in total. The number of hydrogen-bond acceptors (Lipinski definition) is 11. The Hall–Kier alpha value is -4.53. The minimum atomic E-state index is -2.75. The lowest BCUT2D eigenvalue weighted by Gasteiger charge is -2.50. The number of rotatable bonds is 6. The van der Waals surface area contributed by atoms with Gasteiger partial charge in [-0.2, -0.15) is 0 Å². The summed E-state index contributed by atoms with van der Waals surface area (Å²) in [5, 5.41) is 57.4. The van der Waals surface area contributed by atoms with E-state index in [1.165, 1.54) is 36.0 Å². The number of aromatic nitrogens is 2. The second-order valence-corrected chi connectivity index (χ2v) is 11.1. The molecule has 5 rings (SSSR count). The third kappa shape index (κ3) is 4.09. The van der Waals surface area contributed by atoms with E-state index in [0.717, 1.165) is 0 Å². The number of aryl methyl sites for hydroxylation is 1. The second kappa shape index (κ2) is 10.1. The molecule has 0 radical (unpaired) electrons. The molecular formula is C28H31N5O9. The average Bonchev–Trinajstić information content (AvgIpc) is 3.33. The lowest BCUT2D eigenvalue weighted by Crippen LogP contribution is -2.65. The van der Waals surface area contributed by atoms with Crippen LogP contribution in [-0.4, -0.2) is 95.7 Å². The lowest BCUT2D eigenvalue weighted by molar-refractivity contribution is -0.153. The van der Waals surface area contributed by atoms with E-state index in [9.17, 15) is 44.7 Å². The second-order valence-electron chi connectivity index (χ2n) is 11.1. The number of primary amides is 1.